The van der Waals surface area contributed by atoms with Crippen molar-refractivity contribution in [1.29, 1.82) is 0 Å². The number of anilines is 1. The molecule has 1 heterocycles. The van der Waals surface area contributed by atoms with Crippen LogP contribution >= 0.6 is 0 Å². The number of esters is 2. The summed E-state index contributed by atoms with van der Waals surface area (Å²) in [5.41, 5.74) is 4.47. The van der Waals surface area contributed by atoms with E-state index in [1.165, 1.54) is 24.3 Å². The van der Waals surface area contributed by atoms with Crippen LogP contribution in [0.5, 0.6) is 0 Å². The number of aryl methyl sites for hydroxylation is 1. The highest BCUT2D eigenvalue weighted by Gasteiger charge is 2.36. The number of nitrogens with zero attached hydrogens (tertiary/aromatic N) is 1. The van der Waals surface area contributed by atoms with E-state index in [-0.39, 0.29) is 13.0 Å². The lowest BCUT2D eigenvalue weighted by Crippen LogP contribution is -2.43. The second kappa shape index (κ2) is 11.8. The van der Waals surface area contributed by atoms with Gasteiger partial charge in [0.2, 0.25) is 5.91 Å². The number of hydrogen-bond donors (Lipinski definition) is 2. The largest absolute Gasteiger partial charge is 0.462 e. The Kier molecular flexibility index (Phi) is 8.55. The van der Waals surface area contributed by atoms with Crippen LogP contribution < -0.4 is 10.7 Å². The van der Waals surface area contributed by atoms with Crippen molar-refractivity contribution in [2.45, 2.75) is 26.7 Å². The van der Waals surface area contributed by atoms with Gasteiger partial charge < -0.3 is 14.8 Å². The predicted octanol–water partition coefficient (Wildman–Crippen LogP) is 2.24. The van der Waals surface area contributed by atoms with Gasteiger partial charge >= 0.3 is 11.9 Å². The van der Waals surface area contributed by atoms with Gasteiger partial charge in [0.05, 0.1) is 24.6 Å². The molecule has 10 heteroatoms. The van der Waals surface area contributed by atoms with E-state index in [4.69, 9.17) is 9.47 Å². The Morgan fingerprint density at radius 1 is 1.03 bits per heavy atom. The smallest absolute Gasteiger partial charge is 0.338 e. The minimum atomic E-state index is -0.805. The number of benzene rings is 2. The molecule has 10 nitrogen and oxygen atoms in total. The maximum atomic E-state index is 12.4. The fourth-order valence-electron chi connectivity index (χ4n) is 3.40. The minimum Gasteiger partial charge on any atom is -0.462 e. The monoisotopic (exact) mass is 481 g/mol. The Balaban J connectivity index is 1.45. The van der Waals surface area contributed by atoms with Crippen molar-refractivity contribution in [1.82, 2.24) is 10.4 Å². The molecule has 0 bridgehead atoms. The van der Waals surface area contributed by atoms with Crippen molar-refractivity contribution < 1.29 is 33.4 Å². The Hall–Kier alpha value is -4.21. The first kappa shape index (κ1) is 25.4. The van der Waals surface area contributed by atoms with Crippen molar-refractivity contribution in [2.24, 2.45) is 5.92 Å². The average Bonchev–Trinajstić information content (AvgIpc) is 3.21. The number of carbonyl (C=O) groups is 5. The van der Waals surface area contributed by atoms with Crippen LogP contribution in [0.2, 0.25) is 0 Å². The van der Waals surface area contributed by atoms with Gasteiger partial charge in [-0.3, -0.25) is 29.6 Å². The lowest BCUT2D eigenvalue weighted by Gasteiger charge is -2.18. The van der Waals surface area contributed by atoms with E-state index in [1.54, 1.807) is 31.2 Å². The van der Waals surface area contributed by atoms with E-state index in [9.17, 15) is 24.0 Å². The van der Waals surface area contributed by atoms with E-state index in [0.29, 0.717) is 29.8 Å². The molecule has 0 aromatic heterocycles. The summed E-state index contributed by atoms with van der Waals surface area (Å²) in [7, 11) is 0. The fraction of sp³-hybridized carbons (Fsp3) is 0.320. The third kappa shape index (κ3) is 6.89. The molecule has 0 aliphatic carbocycles. The first-order valence-corrected chi connectivity index (χ1v) is 11.2. The van der Waals surface area contributed by atoms with E-state index in [0.717, 1.165) is 10.6 Å². The Morgan fingerprint density at radius 2 is 1.74 bits per heavy atom. The van der Waals surface area contributed by atoms with Crippen LogP contribution in [0, 0.1) is 12.8 Å². The van der Waals surface area contributed by atoms with Gasteiger partial charge in [-0.15, -0.1) is 0 Å². The zero-order chi connectivity index (χ0) is 25.4. The summed E-state index contributed by atoms with van der Waals surface area (Å²) in [6.45, 7) is 3.41. The second-order valence-corrected chi connectivity index (χ2v) is 8.03. The number of hydrazine groups is 1. The summed E-state index contributed by atoms with van der Waals surface area (Å²) in [5, 5.41) is 3.65. The summed E-state index contributed by atoms with van der Waals surface area (Å²) in [4.78, 5) is 61.0. The lowest BCUT2D eigenvalue weighted by atomic mass is 10.1. The van der Waals surface area contributed by atoms with Crippen molar-refractivity contribution in [3.05, 3.63) is 65.2 Å². The zero-order valence-corrected chi connectivity index (χ0v) is 19.5. The molecule has 3 amide bonds. The third-order valence-corrected chi connectivity index (χ3v) is 5.27. The SMILES string of the molecule is CCCOC(=O)c1ccc(NC(=O)COC(=O)C2CC(=O)N(NC(=O)c3ccccc3C)C2)cc1. The van der Waals surface area contributed by atoms with E-state index < -0.39 is 42.2 Å². The van der Waals surface area contributed by atoms with E-state index in [2.05, 4.69) is 10.7 Å². The number of rotatable bonds is 9. The summed E-state index contributed by atoms with van der Waals surface area (Å²) in [5.74, 6) is -3.41. The number of carbonyl (C=O) groups excluding carboxylic acids is 5. The highest BCUT2D eigenvalue weighted by Crippen LogP contribution is 2.18. The summed E-state index contributed by atoms with van der Waals surface area (Å²) in [6, 6.07) is 13.0. The van der Waals surface area contributed by atoms with Crippen LogP contribution in [-0.4, -0.2) is 54.4 Å². The Labute approximate surface area is 202 Å². The topological polar surface area (TPSA) is 131 Å². The molecular weight excluding hydrogens is 454 g/mol. The number of ether oxygens (including phenoxy) is 2. The number of amides is 3. The molecule has 1 aliphatic rings. The predicted molar refractivity (Wildman–Crippen MR) is 125 cm³/mol. The maximum absolute atomic E-state index is 12.4. The van der Waals surface area contributed by atoms with E-state index >= 15 is 0 Å². The van der Waals surface area contributed by atoms with Crippen LogP contribution in [0.25, 0.3) is 0 Å². The van der Waals surface area contributed by atoms with Crippen LogP contribution in [0.15, 0.2) is 48.5 Å². The van der Waals surface area contributed by atoms with Gasteiger partial charge in [0, 0.05) is 17.7 Å². The zero-order valence-electron chi connectivity index (χ0n) is 19.5. The summed E-state index contributed by atoms with van der Waals surface area (Å²) < 4.78 is 10.1. The van der Waals surface area contributed by atoms with Crippen LogP contribution in [-0.2, 0) is 23.9 Å². The van der Waals surface area contributed by atoms with Gasteiger partial charge in [0.15, 0.2) is 6.61 Å². The standard InChI is InChI=1S/C25H27N3O7/c1-3-12-34-24(32)17-8-10-19(11-9-17)26-21(29)15-35-25(33)18-13-22(30)28(14-18)27-23(31)20-7-5-4-6-16(20)2/h4-11,18H,3,12-15H2,1-2H3,(H,26,29)(H,27,31). The number of hydrogen-bond acceptors (Lipinski definition) is 7. The second-order valence-electron chi connectivity index (χ2n) is 8.03. The molecule has 0 radical (unpaired) electrons. The normalized spacial score (nSPS) is 14.9. The van der Waals surface area contributed by atoms with Gasteiger partial charge in [-0.2, -0.15) is 0 Å². The van der Waals surface area contributed by atoms with Crippen molar-refractivity contribution in [3.8, 4) is 0 Å². The maximum Gasteiger partial charge on any atom is 0.338 e. The van der Waals surface area contributed by atoms with Gasteiger partial charge in [0.25, 0.3) is 11.8 Å². The lowest BCUT2D eigenvalue weighted by molar-refractivity contribution is -0.151. The van der Waals surface area contributed by atoms with Crippen LogP contribution in [0.3, 0.4) is 0 Å². The van der Waals surface area contributed by atoms with Gasteiger partial charge in [-0.1, -0.05) is 25.1 Å². The molecule has 0 saturated carbocycles. The van der Waals surface area contributed by atoms with Crippen molar-refractivity contribution in [3.63, 3.8) is 0 Å². The molecule has 2 N–H and O–H groups in total. The van der Waals surface area contributed by atoms with Gasteiger partial charge in [-0.05, 0) is 49.2 Å². The first-order chi connectivity index (χ1) is 16.8. The first-order valence-electron chi connectivity index (χ1n) is 11.2. The molecule has 1 fully saturated rings. The molecule has 0 spiro atoms. The van der Waals surface area contributed by atoms with Crippen molar-refractivity contribution in [2.75, 3.05) is 25.1 Å². The average molecular weight is 482 g/mol. The molecule has 2 aromatic carbocycles. The molecule has 3 rings (SSSR count). The summed E-state index contributed by atoms with van der Waals surface area (Å²) in [6.07, 6.45) is 0.581. The molecule has 184 valence electrons. The molecule has 1 saturated heterocycles. The molecule has 1 aliphatic heterocycles. The molecule has 1 unspecified atom stereocenters. The molecule has 1 atom stereocenters. The molecule has 2 aromatic rings. The Morgan fingerprint density at radius 3 is 2.43 bits per heavy atom. The van der Waals surface area contributed by atoms with Crippen molar-refractivity contribution >= 4 is 35.3 Å². The van der Waals surface area contributed by atoms with Gasteiger partial charge in [0.1, 0.15) is 0 Å². The number of nitrogens with one attached hydrogen (secondary N) is 2. The Bertz CT molecular complexity index is 1110. The quantitative estimate of drug-likeness (QED) is 0.525. The summed E-state index contributed by atoms with van der Waals surface area (Å²) >= 11 is 0. The van der Waals surface area contributed by atoms with E-state index in [1.807, 2.05) is 6.92 Å². The minimum absolute atomic E-state index is 0.0491. The van der Waals surface area contributed by atoms with Crippen LogP contribution in [0.1, 0.15) is 46.0 Å². The highest BCUT2D eigenvalue weighted by atomic mass is 16.5. The fourth-order valence-corrected chi connectivity index (χ4v) is 3.40. The molecule has 35 heavy (non-hydrogen) atoms. The third-order valence-electron chi connectivity index (χ3n) is 5.27. The van der Waals surface area contributed by atoms with Crippen LogP contribution in [0.4, 0.5) is 5.69 Å². The highest BCUT2D eigenvalue weighted by molar-refractivity contribution is 5.98. The van der Waals surface area contributed by atoms with Gasteiger partial charge in [-0.25, -0.2) is 4.79 Å². The molecular formula is C25H27N3O7.